The van der Waals surface area contributed by atoms with Gasteiger partial charge in [-0.25, -0.2) is 4.39 Å². The van der Waals surface area contributed by atoms with Gasteiger partial charge >= 0.3 is 0 Å². The van der Waals surface area contributed by atoms with Crippen LogP contribution < -0.4 is 9.64 Å². The fourth-order valence-electron chi connectivity index (χ4n) is 2.80. The lowest BCUT2D eigenvalue weighted by atomic mass is 10.0. The van der Waals surface area contributed by atoms with Crippen LogP contribution >= 0.6 is 0 Å². The number of ketones is 1. The summed E-state index contributed by atoms with van der Waals surface area (Å²) < 4.78 is 18.5. The molecule has 0 aliphatic rings. The number of rotatable bonds is 7. The fraction of sp³-hybridized carbons (Fsp3) is 0.0833. The number of ether oxygens (including phenoxy) is 1. The first-order chi connectivity index (χ1) is 14.1. The number of benzene rings is 3. The van der Waals surface area contributed by atoms with Gasteiger partial charge in [0, 0.05) is 11.1 Å². The third-order valence-electron chi connectivity index (χ3n) is 4.20. The molecule has 0 aliphatic carbocycles. The molecule has 3 rings (SSSR count). The molecule has 0 N–H and O–H groups in total. The van der Waals surface area contributed by atoms with Crippen LogP contribution in [0.15, 0.2) is 78.9 Å². The van der Waals surface area contributed by atoms with Gasteiger partial charge in [-0.1, -0.05) is 48.4 Å². The van der Waals surface area contributed by atoms with Gasteiger partial charge in [-0.3, -0.25) is 14.5 Å². The van der Waals surface area contributed by atoms with Gasteiger partial charge in [0.05, 0.1) is 12.2 Å². The summed E-state index contributed by atoms with van der Waals surface area (Å²) in [5.74, 6) is 1.78. The van der Waals surface area contributed by atoms with Crippen molar-refractivity contribution < 1.29 is 18.7 Å². The van der Waals surface area contributed by atoms with Crippen LogP contribution in [0.4, 0.5) is 10.1 Å². The molecule has 1 amide bonds. The molecule has 29 heavy (non-hydrogen) atoms. The average molecular weight is 387 g/mol. The molecule has 0 unspecified atom stereocenters. The second kappa shape index (κ2) is 9.34. The van der Waals surface area contributed by atoms with Gasteiger partial charge < -0.3 is 4.74 Å². The highest BCUT2D eigenvalue weighted by molar-refractivity contribution is 6.14. The Morgan fingerprint density at radius 1 is 0.931 bits per heavy atom. The van der Waals surface area contributed by atoms with Gasteiger partial charge in [-0.2, -0.15) is 0 Å². The van der Waals surface area contributed by atoms with E-state index >= 15 is 0 Å². The van der Waals surface area contributed by atoms with Crippen molar-refractivity contribution in [1.29, 1.82) is 0 Å². The molecule has 0 spiro atoms. The maximum Gasteiger partial charge on any atom is 0.265 e. The van der Waals surface area contributed by atoms with E-state index in [1.54, 1.807) is 48.5 Å². The normalized spacial score (nSPS) is 10.1. The van der Waals surface area contributed by atoms with Gasteiger partial charge in [0.1, 0.15) is 11.6 Å². The van der Waals surface area contributed by atoms with Crippen LogP contribution in [0.2, 0.25) is 0 Å². The molecule has 3 aromatic rings. The lowest BCUT2D eigenvalue weighted by Gasteiger charge is -2.23. The summed E-state index contributed by atoms with van der Waals surface area (Å²) in [7, 11) is 0. The van der Waals surface area contributed by atoms with Gasteiger partial charge in [-0.15, -0.1) is 6.42 Å². The number of amides is 1. The summed E-state index contributed by atoms with van der Waals surface area (Å²) in [6.07, 6.45) is 5.45. The molecule has 5 heteroatoms. The van der Waals surface area contributed by atoms with Crippen molar-refractivity contribution >= 4 is 17.4 Å². The zero-order valence-corrected chi connectivity index (χ0v) is 15.5. The Morgan fingerprint density at radius 2 is 1.59 bits per heavy atom. The van der Waals surface area contributed by atoms with E-state index in [-0.39, 0.29) is 18.9 Å². The van der Waals surface area contributed by atoms with Gasteiger partial charge in [0.15, 0.2) is 12.4 Å². The van der Waals surface area contributed by atoms with Crippen molar-refractivity contribution in [1.82, 2.24) is 0 Å². The molecule has 0 aliphatic heterocycles. The maximum absolute atomic E-state index is 13.0. The van der Waals surface area contributed by atoms with Crippen molar-refractivity contribution in [3.05, 3.63) is 95.8 Å². The van der Waals surface area contributed by atoms with E-state index in [4.69, 9.17) is 11.2 Å². The van der Waals surface area contributed by atoms with E-state index in [0.29, 0.717) is 22.6 Å². The van der Waals surface area contributed by atoms with E-state index in [0.717, 1.165) is 0 Å². The van der Waals surface area contributed by atoms with Crippen LogP contribution in [0, 0.1) is 18.2 Å². The Balaban J connectivity index is 1.85. The molecular weight excluding hydrogens is 369 g/mol. The van der Waals surface area contributed by atoms with E-state index < -0.39 is 11.7 Å². The summed E-state index contributed by atoms with van der Waals surface area (Å²) in [5, 5.41) is 0. The number of hydrogen-bond donors (Lipinski definition) is 0. The Labute approximate surface area is 168 Å². The predicted octanol–water partition coefficient (Wildman–Crippen LogP) is 4.10. The molecular formula is C24H18FNO3. The number of nitrogens with zero attached hydrogens (tertiary/aromatic N) is 1. The molecule has 0 atom stereocenters. The first-order valence-corrected chi connectivity index (χ1v) is 8.91. The average Bonchev–Trinajstić information content (AvgIpc) is 2.77. The van der Waals surface area contributed by atoms with E-state index in [2.05, 4.69) is 5.92 Å². The van der Waals surface area contributed by atoms with Gasteiger partial charge in [-0.05, 0) is 36.4 Å². The van der Waals surface area contributed by atoms with Crippen molar-refractivity contribution in [3.8, 4) is 18.1 Å². The second-order valence-corrected chi connectivity index (χ2v) is 6.14. The van der Waals surface area contributed by atoms with Crippen LogP contribution in [0.3, 0.4) is 0 Å². The number of carbonyl (C=O) groups is 2. The Hall–Kier alpha value is -3.91. The minimum atomic E-state index is -0.416. The molecule has 0 bridgehead atoms. The van der Waals surface area contributed by atoms with E-state index in [9.17, 15) is 14.0 Å². The summed E-state index contributed by atoms with van der Waals surface area (Å²) in [6.45, 7) is -0.328. The van der Waals surface area contributed by atoms with Crippen LogP contribution in [-0.2, 0) is 4.79 Å². The number of para-hydroxylation sites is 1. The predicted molar refractivity (Wildman–Crippen MR) is 109 cm³/mol. The molecule has 0 fully saturated rings. The summed E-state index contributed by atoms with van der Waals surface area (Å²) >= 11 is 0. The first kappa shape index (κ1) is 19.8. The highest BCUT2D eigenvalue weighted by Crippen LogP contribution is 2.24. The Kier molecular flexibility index (Phi) is 6.39. The van der Waals surface area contributed by atoms with Crippen molar-refractivity contribution in [2.75, 3.05) is 18.1 Å². The number of halogens is 1. The monoisotopic (exact) mass is 387 g/mol. The highest BCUT2D eigenvalue weighted by Gasteiger charge is 2.22. The van der Waals surface area contributed by atoms with E-state index in [1.807, 2.05) is 6.07 Å². The highest BCUT2D eigenvalue weighted by atomic mass is 19.1. The largest absolute Gasteiger partial charge is 0.484 e. The third-order valence-corrected chi connectivity index (χ3v) is 4.20. The molecule has 4 nitrogen and oxygen atoms in total. The maximum atomic E-state index is 13.0. The van der Waals surface area contributed by atoms with E-state index in [1.165, 1.54) is 29.2 Å². The molecule has 0 aromatic heterocycles. The summed E-state index contributed by atoms with van der Waals surface area (Å²) in [4.78, 5) is 27.1. The van der Waals surface area contributed by atoms with Crippen LogP contribution in [0.25, 0.3) is 0 Å². The topological polar surface area (TPSA) is 46.6 Å². The van der Waals surface area contributed by atoms with Crippen LogP contribution in [0.5, 0.6) is 5.75 Å². The van der Waals surface area contributed by atoms with Crippen LogP contribution in [-0.4, -0.2) is 24.8 Å². The lowest BCUT2D eigenvalue weighted by Crippen LogP contribution is -2.36. The van der Waals surface area contributed by atoms with Crippen LogP contribution in [0.1, 0.15) is 15.9 Å². The SMILES string of the molecule is C#CCN(C(=O)COc1ccc(F)cc1)c1ccccc1C(=O)c1ccccc1. The molecule has 0 radical (unpaired) electrons. The van der Waals surface area contributed by atoms with Crippen molar-refractivity contribution in [3.63, 3.8) is 0 Å². The van der Waals surface area contributed by atoms with Crippen molar-refractivity contribution in [2.45, 2.75) is 0 Å². The smallest absolute Gasteiger partial charge is 0.265 e. The fourth-order valence-corrected chi connectivity index (χ4v) is 2.80. The zero-order chi connectivity index (χ0) is 20.6. The first-order valence-electron chi connectivity index (χ1n) is 8.91. The minimum absolute atomic E-state index is 0.0231. The molecule has 0 saturated heterocycles. The second-order valence-electron chi connectivity index (χ2n) is 6.14. The van der Waals surface area contributed by atoms with Gasteiger partial charge in [0.25, 0.3) is 5.91 Å². The molecule has 0 saturated carbocycles. The third kappa shape index (κ3) is 4.88. The summed E-state index contributed by atoms with van der Waals surface area (Å²) in [5.41, 5.74) is 1.28. The number of anilines is 1. The Bertz CT molecular complexity index is 1040. The molecule has 144 valence electrons. The number of terminal acetylenes is 1. The Morgan fingerprint density at radius 3 is 2.28 bits per heavy atom. The summed E-state index contributed by atoms with van der Waals surface area (Å²) in [6, 6.07) is 20.9. The lowest BCUT2D eigenvalue weighted by molar-refractivity contribution is -0.120. The quantitative estimate of drug-likeness (QED) is 0.453. The molecule has 3 aromatic carbocycles. The van der Waals surface area contributed by atoms with Gasteiger partial charge in [0.2, 0.25) is 0 Å². The molecule has 0 heterocycles. The zero-order valence-electron chi connectivity index (χ0n) is 15.5. The number of hydrogen-bond acceptors (Lipinski definition) is 3. The number of carbonyl (C=O) groups excluding carboxylic acids is 2. The minimum Gasteiger partial charge on any atom is -0.484 e. The van der Waals surface area contributed by atoms with Crippen molar-refractivity contribution in [2.24, 2.45) is 0 Å². The standard InChI is InChI=1S/C24H18FNO3/c1-2-16-26(23(27)17-29-20-14-12-19(25)13-15-20)22-11-7-6-10-21(22)24(28)18-8-4-3-5-9-18/h1,3-15H,16-17H2.